The summed E-state index contributed by atoms with van der Waals surface area (Å²) < 4.78 is 0. The van der Waals surface area contributed by atoms with Gasteiger partial charge in [-0.05, 0) is 24.9 Å². The number of hydrogen-bond donors (Lipinski definition) is 3. The first kappa shape index (κ1) is 15.2. The summed E-state index contributed by atoms with van der Waals surface area (Å²) >= 11 is 1.55. The van der Waals surface area contributed by atoms with Gasteiger partial charge in [-0.3, -0.25) is 4.79 Å². The van der Waals surface area contributed by atoms with Gasteiger partial charge in [0.05, 0.1) is 0 Å². The highest BCUT2D eigenvalue weighted by atomic mass is 32.2. The van der Waals surface area contributed by atoms with E-state index in [-0.39, 0.29) is 18.4 Å². The molecule has 0 aliphatic carbocycles. The molecule has 0 radical (unpaired) electrons. The summed E-state index contributed by atoms with van der Waals surface area (Å²) in [5.41, 5.74) is 5.61. The maximum absolute atomic E-state index is 11.4. The Bertz CT molecular complexity index is 236. The molecule has 0 fully saturated rings. The molecule has 0 bridgehead atoms. The number of nitrogens with one attached hydrogen (secondary N) is 1. The Kier molecular flexibility index (Phi) is 8.01. The standard InChI is InChI=1S/C10H20N2O3S/c1-3-7(11)6-9(13)12-8(10(14)15)4-5-16-2/h7-8H,3-6,11H2,1-2H3,(H,12,13)(H,14,15)/t7?,8-/m1/s1. The van der Waals surface area contributed by atoms with Crippen molar-refractivity contribution < 1.29 is 14.7 Å². The molecule has 1 amide bonds. The Hall–Kier alpha value is -0.750. The summed E-state index contributed by atoms with van der Waals surface area (Å²) in [6, 6.07) is -1.00. The number of carboxylic acid groups (broad SMARTS) is 1. The highest BCUT2D eigenvalue weighted by molar-refractivity contribution is 7.98. The molecule has 0 aromatic heterocycles. The number of rotatable bonds is 8. The molecular formula is C10H20N2O3S. The van der Waals surface area contributed by atoms with E-state index in [1.165, 1.54) is 0 Å². The van der Waals surface area contributed by atoms with E-state index < -0.39 is 12.0 Å². The van der Waals surface area contributed by atoms with E-state index in [0.717, 1.165) is 0 Å². The Morgan fingerprint density at radius 3 is 2.56 bits per heavy atom. The van der Waals surface area contributed by atoms with Crippen molar-refractivity contribution in [1.82, 2.24) is 5.32 Å². The van der Waals surface area contributed by atoms with Crippen LogP contribution in [0.2, 0.25) is 0 Å². The van der Waals surface area contributed by atoms with E-state index >= 15 is 0 Å². The molecule has 1 unspecified atom stereocenters. The zero-order chi connectivity index (χ0) is 12.6. The van der Waals surface area contributed by atoms with Crippen LogP contribution in [0.15, 0.2) is 0 Å². The maximum atomic E-state index is 11.4. The fraction of sp³-hybridized carbons (Fsp3) is 0.800. The Morgan fingerprint density at radius 1 is 1.50 bits per heavy atom. The van der Waals surface area contributed by atoms with Crippen LogP contribution in [0, 0.1) is 0 Å². The Morgan fingerprint density at radius 2 is 2.12 bits per heavy atom. The fourth-order valence-electron chi connectivity index (χ4n) is 1.13. The first-order chi connectivity index (χ1) is 7.51. The van der Waals surface area contributed by atoms with Gasteiger partial charge >= 0.3 is 5.97 Å². The minimum Gasteiger partial charge on any atom is -0.480 e. The van der Waals surface area contributed by atoms with E-state index in [0.29, 0.717) is 18.6 Å². The molecule has 0 saturated carbocycles. The average Bonchev–Trinajstić information content (AvgIpc) is 2.23. The minimum absolute atomic E-state index is 0.180. The van der Waals surface area contributed by atoms with Gasteiger partial charge in [-0.1, -0.05) is 6.92 Å². The molecule has 0 aromatic rings. The second-order valence-electron chi connectivity index (χ2n) is 3.61. The molecule has 2 atom stereocenters. The van der Waals surface area contributed by atoms with Crippen molar-refractivity contribution in [2.24, 2.45) is 5.73 Å². The van der Waals surface area contributed by atoms with E-state index in [9.17, 15) is 9.59 Å². The summed E-state index contributed by atoms with van der Waals surface area (Å²) in [5, 5.41) is 11.4. The second-order valence-corrected chi connectivity index (χ2v) is 4.60. The summed E-state index contributed by atoms with van der Waals surface area (Å²) in [6.45, 7) is 1.89. The van der Waals surface area contributed by atoms with Crippen molar-refractivity contribution >= 4 is 23.6 Å². The zero-order valence-corrected chi connectivity index (χ0v) is 10.5. The zero-order valence-electron chi connectivity index (χ0n) is 9.73. The van der Waals surface area contributed by atoms with Gasteiger partial charge in [0.2, 0.25) is 5.91 Å². The molecule has 16 heavy (non-hydrogen) atoms. The van der Waals surface area contributed by atoms with Crippen LogP contribution in [0.4, 0.5) is 0 Å². The molecule has 0 rings (SSSR count). The topological polar surface area (TPSA) is 92.4 Å². The van der Waals surface area contributed by atoms with Gasteiger partial charge in [0.1, 0.15) is 6.04 Å². The normalized spacial score (nSPS) is 14.2. The van der Waals surface area contributed by atoms with Gasteiger partial charge in [-0.25, -0.2) is 4.79 Å². The van der Waals surface area contributed by atoms with Crippen LogP contribution in [0.5, 0.6) is 0 Å². The van der Waals surface area contributed by atoms with Crippen LogP contribution in [-0.4, -0.2) is 41.1 Å². The Balaban J connectivity index is 4.07. The lowest BCUT2D eigenvalue weighted by molar-refractivity contribution is -0.141. The Labute approximate surface area is 100 Å². The third kappa shape index (κ3) is 6.68. The second kappa shape index (κ2) is 8.41. The molecule has 0 spiro atoms. The van der Waals surface area contributed by atoms with Gasteiger partial charge in [-0.2, -0.15) is 11.8 Å². The average molecular weight is 248 g/mol. The van der Waals surface area contributed by atoms with Crippen LogP contribution in [0.1, 0.15) is 26.2 Å². The van der Waals surface area contributed by atoms with E-state index in [1.807, 2.05) is 13.2 Å². The van der Waals surface area contributed by atoms with Crippen molar-refractivity contribution in [2.75, 3.05) is 12.0 Å². The number of nitrogens with two attached hydrogens (primary N) is 1. The SMILES string of the molecule is CCC(N)CC(=O)N[C@H](CCSC)C(=O)O. The summed E-state index contributed by atoms with van der Waals surface area (Å²) in [4.78, 5) is 22.3. The molecule has 5 nitrogen and oxygen atoms in total. The highest BCUT2D eigenvalue weighted by Crippen LogP contribution is 2.02. The number of amides is 1. The molecule has 0 aromatic carbocycles. The molecular weight excluding hydrogens is 228 g/mol. The number of aliphatic carboxylic acids is 1. The van der Waals surface area contributed by atoms with Gasteiger partial charge in [0, 0.05) is 12.5 Å². The van der Waals surface area contributed by atoms with Crippen LogP contribution in [0.25, 0.3) is 0 Å². The van der Waals surface area contributed by atoms with Gasteiger partial charge in [0.25, 0.3) is 0 Å². The lowest BCUT2D eigenvalue weighted by atomic mass is 10.1. The molecule has 0 saturated heterocycles. The highest BCUT2D eigenvalue weighted by Gasteiger charge is 2.19. The summed E-state index contributed by atoms with van der Waals surface area (Å²) in [5.74, 6) is -0.577. The van der Waals surface area contributed by atoms with Crippen molar-refractivity contribution in [3.8, 4) is 0 Å². The van der Waals surface area contributed by atoms with Gasteiger partial charge in [-0.15, -0.1) is 0 Å². The van der Waals surface area contributed by atoms with E-state index in [1.54, 1.807) is 11.8 Å². The van der Waals surface area contributed by atoms with Gasteiger partial charge < -0.3 is 16.2 Å². The van der Waals surface area contributed by atoms with E-state index in [2.05, 4.69) is 5.32 Å². The van der Waals surface area contributed by atoms with Crippen LogP contribution in [-0.2, 0) is 9.59 Å². The molecule has 94 valence electrons. The largest absolute Gasteiger partial charge is 0.480 e. The van der Waals surface area contributed by atoms with Crippen molar-refractivity contribution in [2.45, 2.75) is 38.3 Å². The quantitative estimate of drug-likeness (QED) is 0.579. The molecule has 0 aliphatic rings. The first-order valence-corrected chi connectivity index (χ1v) is 6.67. The van der Waals surface area contributed by atoms with Crippen LogP contribution >= 0.6 is 11.8 Å². The predicted octanol–water partition coefficient (Wildman–Crippen LogP) is 0.436. The third-order valence-electron chi connectivity index (χ3n) is 2.22. The predicted molar refractivity (Wildman–Crippen MR) is 65.4 cm³/mol. The van der Waals surface area contributed by atoms with Crippen molar-refractivity contribution in [3.63, 3.8) is 0 Å². The van der Waals surface area contributed by atoms with Crippen LogP contribution < -0.4 is 11.1 Å². The molecule has 0 aliphatic heterocycles. The van der Waals surface area contributed by atoms with E-state index in [4.69, 9.17) is 10.8 Å². The lowest BCUT2D eigenvalue weighted by Crippen LogP contribution is -2.43. The number of carbonyl (C=O) groups excluding carboxylic acids is 1. The molecule has 4 N–H and O–H groups in total. The minimum atomic E-state index is -0.993. The van der Waals surface area contributed by atoms with Gasteiger partial charge in [0.15, 0.2) is 0 Å². The summed E-state index contributed by atoms with van der Waals surface area (Å²) in [7, 11) is 0. The monoisotopic (exact) mass is 248 g/mol. The van der Waals surface area contributed by atoms with Crippen molar-refractivity contribution in [3.05, 3.63) is 0 Å². The smallest absolute Gasteiger partial charge is 0.326 e. The molecule has 6 heteroatoms. The summed E-state index contributed by atoms with van der Waals surface area (Å²) in [6.07, 6.45) is 3.22. The maximum Gasteiger partial charge on any atom is 0.326 e. The molecule has 0 heterocycles. The third-order valence-corrected chi connectivity index (χ3v) is 2.86. The fourth-order valence-corrected chi connectivity index (χ4v) is 1.60. The van der Waals surface area contributed by atoms with Crippen LogP contribution in [0.3, 0.4) is 0 Å². The lowest BCUT2D eigenvalue weighted by Gasteiger charge is -2.15. The number of thioether (sulfide) groups is 1. The number of hydrogen-bond acceptors (Lipinski definition) is 4. The number of carbonyl (C=O) groups is 2. The first-order valence-electron chi connectivity index (χ1n) is 5.27. The number of carboxylic acids is 1. The van der Waals surface area contributed by atoms with Crippen molar-refractivity contribution in [1.29, 1.82) is 0 Å².